The summed E-state index contributed by atoms with van der Waals surface area (Å²) in [7, 11) is 0. The third kappa shape index (κ3) is 4.07. The Morgan fingerprint density at radius 1 is 1.44 bits per heavy atom. The summed E-state index contributed by atoms with van der Waals surface area (Å²) in [5, 5.41) is 14.4. The van der Waals surface area contributed by atoms with Crippen LogP contribution in [0.1, 0.15) is 32.8 Å². The number of halogens is 1. The van der Waals surface area contributed by atoms with Crippen molar-refractivity contribution in [2.75, 3.05) is 0 Å². The molecule has 18 heavy (non-hydrogen) atoms. The molecule has 0 radical (unpaired) electrons. The first-order chi connectivity index (χ1) is 8.45. The molecule has 0 amide bonds. The molecule has 0 saturated carbocycles. The highest BCUT2D eigenvalue weighted by Gasteiger charge is 2.16. The summed E-state index contributed by atoms with van der Waals surface area (Å²) >= 11 is 3.26. The first kappa shape index (κ1) is 15.1. The van der Waals surface area contributed by atoms with E-state index in [1.807, 2.05) is 6.07 Å². The van der Waals surface area contributed by atoms with Crippen LogP contribution in [-0.2, 0) is 6.54 Å². The molecular formula is C13H19BrN2O2. The van der Waals surface area contributed by atoms with Crippen molar-refractivity contribution in [2.45, 2.75) is 39.8 Å². The molecule has 0 fully saturated rings. The van der Waals surface area contributed by atoms with Crippen molar-refractivity contribution in [1.29, 1.82) is 0 Å². The molecule has 1 aromatic rings. The van der Waals surface area contributed by atoms with Crippen molar-refractivity contribution in [2.24, 2.45) is 5.92 Å². The molecular weight excluding hydrogens is 296 g/mol. The third-order valence-electron chi connectivity index (χ3n) is 3.04. The summed E-state index contributed by atoms with van der Waals surface area (Å²) in [5.41, 5.74) is 0.887. The van der Waals surface area contributed by atoms with Gasteiger partial charge in [-0.25, -0.2) is 0 Å². The molecule has 4 nitrogen and oxygen atoms in total. The van der Waals surface area contributed by atoms with Crippen molar-refractivity contribution in [3.8, 4) is 0 Å². The number of nitrogens with one attached hydrogen (secondary N) is 1. The van der Waals surface area contributed by atoms with Gasteiger partial charge in [0.15, 0.2) is 0 Å². The van der Waals surface area contributed by atoms with E-state index in [2.05, 4.69) is 42.0 Å². The lowest BCUT2D eigenvalue weighted by atomic mass is 10.0. The fraction of sp³-hybridized carbons (Fsp3) is 0.538. The van der Waals surface area contributed by atoms with E-state index in [0.717, 1.165) is 16.5 Å². The van der Waals surface area contributed by atoms with E-state index in [-0.39, 0.29) is 10.6 Å². The second-order valence-electron chi connectivity index (χ2n) is 4.67. The van der Waals surface area contributed by atoms with Crippen molar-refractivity contribution in [1.82, 2.24) is 5.32 Å². The quantitative estimate of drug-likeness (QED) is 0.640. The molecule has 0 spiro atoms. The molecule has 0 aliphatic carbocycles. The molecule has 0 aromatic heterocycles. The minimum absolute atomic E-state index is 0.162. The van der Waals surface area contributed by atoms with Gasteiger partial charge in [-0.2, -0.15) is 0 Å². The highest BCUT2D eigenvalue weighted by Crippen LogP contribution is 2.23. The zero-order valence-corrected chi connectivity index (χ0v) is 12.5. The Bertz CT molecular complexity index is 421. The number of nitro benzene ring substituents is 1. The van der Waals surface area contributed by atoms with E-state index >= 15 is 0 Å². The van der Waals surface area contributed by atoms with Crippen molar-refractivity contribution >= 4 is 21.6 Å². The second kappa shape index (κ2) is 6.85. The lowest BCUT2D eigenvalue weighted by Gasteiger charge is -2.20. The standard InChI is InChI=1S/C13H19BrN2O2/c1-4-12(9(2)3)15-8-10-5-6-11(14)7-13(10)16(17)18/h5-7,9,12,15H,4,8H2,1-3H3. The zero-order valence-electron chi connectivity index (χ0n) is 10.9. The Morgan fingerprint density at radius 3 is 2.61 bits per heavy atom. The average Bonchev–Trinajstić information content (AvgIpc) is 2.30. The van der Waals surface area contributed by atoms with E-state index in [1.54, 1.807) is 12.1 Å². The number of nitrogens with zero attached hydrogens (tertiary/aromatic N) is 1. The molecule has 0 heterocycles. The summed E-state index contributed by atoms with van der Waals surface area (Å²) in [5.74, 6) is 0.518. The van der Waals surface area contributed by atoms with E-state index in [1.165, 1.54) is 0 Å². The number of nitro groups is 1. The van der Waals surface area contributed by atoms with E-state index in [0.29, 0.717) is 18.5 Å². The lowest BCUT2D eigenvalue weighted by Crippen LogP contribution is -2.32. The van der Waals surface area contributed by atoms with Gasteiger partial charge < -0.3 is 5.32 Å². The highest BCUT2D eigenvalue weighted by molar-refractivity contribution is 9.10. The summed E-state index contributed by atoms with van der Waals surface area (Å²) in [4.78, 5) is 10.6. The van der Waals surface area contributed by atoms with E-state index < -0.39 is 0 Å². The molecule has 5 heteroatoms. The SMILES string of the molecule is CCC(NCc1ccc(Br)cc1[N+](=O)[O-])C(C)C. The molecule has 1 aromatic carbocycles. The topological polar surface area (TPSA) is 55.2 Å². The van der Waals surface area contributed by atoms with Crippen LogP contribution in [0.3, 0.4) is 0 Å². The highest BCUT2D eigenvalue weighted by atomic mass is 79.9. The van der Waals surface area contributed by atoms with Gasteiger partial charge in [-0.15, -0.1) is 0 Å². The first-order valence-electron chi connectivity index (χ1n) is 6.11. The van der Waals surface area contributed by atoms with Crippen molar-refractivity contribution in [3.05, 3.63) is 38.3 Å². The molecule has 0 bridgehead atoms. The van der Waals surface area contributed by atoms with Gasteiger partial charge in [-0.05, 0) is 24.5 Å². The first-order valence-corrected chi connectivity index (χ1v) is 6.91. The predicted molar refractivity (Wildman–Crippen MR) is 76.6 cm³/mol. The molecule has 100 valence electrons. The maximum absolute atomic E-state index is 11.0. The summed E-state index contributed by atoms with van der Waals surface area (Å²) in [6, 6.07) is 5.56. The fourth-order valence-corrected chi connectivity index (χ4v) is 2.30. The van der Waals surface area contributed by atoms with Gasteiger partial charge >= 0.3 is 0 Å². The van der Waals surface area contributed by atoms with Crippen molar-refractivity contribution in [3.63, 3.8) is 0 Å². The Hall–Kier alpha value is -0.940. The monoisotopic (exact) mass is 314 g/mol. The van der Waals surface area contributed by atoms with Crippen LogP contribution in [0.25, 0.3) is 0 Å². The molecule has 0 aliphatic heterocycles. The Kier molecular flexibility index (Phi) is 5.75. The third-order valence-corrected chi connectivity index (χ3v) is 3.54. The Balaban J connectivity index is 2.81. The van der Waals surface area contributed by atoms with E-state index in [9.17, 15) is 10.1 Å². The molecule has 1 atom stereocenters. The van der Waals surface area contributed by atoms with Crippen LogP contribution < -0.4 is 5.32 Å². The van der Waals surface area contributed by atoms with Gasteiger partial charge in [0.25, 0.3) is 5.69 Å². The second-order valence-corrected chi connectivity index (χ2v) is 5.59. The summed E-state index contributed by atoms with van der Waals surface area (Å²) in [6.45, 7) is 6.95. The molecule has 1 N–H and O–H groups in total. The van der Waals surface area contributed by atoms with Gasteiger partial charge in [0.2, 0.25) is 0 Å². The van der Waals surface area contributed by atoms with Crippen LogP contribution in [0.15, 0.2) is 22.7 Å². The fourth-order valence-electron chi connectivity index (χ4n) is 1.95. The molecule has 0 saturated heterocycles. The lowest BCUT2D eigenvalue weighted by molar-refractivity contribution is -0.385. The van der Waals surface area contributed by atoms with Crippen LogP contribution in [0, 0.1) is 16.0 Å². The minimum atomic E-state index is -0.335. The number of rotatable bonds is 6. The summed E-state index contributed by atoms with van der Waals surface area (Å²) < 4.78 is 0.730. The Labute approximate surface area is 116 Å². The van der Waals surface area contributed by atoms with E-state index in [4.69, 9.17) is 0 Å². The maximum atomic E-state index is 11.0. The average molecular weight is 315 g/mol. The normalized spacial score (nSPS) is 12.7. The molecule has 1 unspecified atom stereocenters. The predicted octanol–water partition coefficient (Wildman–Crippen LogP) is 3.88. The van der Waals surface area contributed by atoms with Crippen LogP contribution in [0.4, 0.5) is 5.69 Å². The molecule has 1 rings (SSSR count). The number of hydrogen-bond donors (Lipinski definition) is 1. The van der Waals surface area contributed by atoms with Crippen molar-refractivity contribution < 1.29 is 4.92 Å². The minimum Gasteiger partial charge on any atom is -0.309 e. The van der Waals surface area contributed by atoms with Crippen LogP contribution in [0.2, 0.25) is 0 Å². The number of benzene rings is 1. The van der Waals surface area contributed by atoms with Gasteiger partial charge in [-0.1, -0.05) is 36.7 Å². The van der Waals surface area contributed by atoms with Crippen LogP contribution in [0.5, 0.6) is 0 Å². The number of hydrogen-bond acceptors (Lipinski definition) is 3. The summed E-state index contributed by atoms with van der Waals surface area (Å²) in [6.07, 6.45) is 1.02. The van der Waals surface area contributed by atoms with Gasteiger partial charge in [0.05, 0.1) is 4.92 Å². The zero-order chi connectivity index (χ0) is 13.7. The van der Waals surface area contributed by atoms with Gasteiger partial charge in [-0.3, -0.25) is 10.1 Å². The van der Waals surface area contributed by atoms with Gasteiger partial charge in [0.1, 0.15) is 0 Å². The largest absolute Gasteiger partial charge is 0.309 e. The van der Waals surface area contributed by atoms with Crippen LogP contribution in [-0.4, -0.2) is 11.0 Å². The van der Waals surface area contributed by atoms with Crippen LogP contribution >= 0.6 is 15.9 Å². The molecule has 0 aliphatic rings. The van der Waals surface area contributed by atoms with Gasteiger partial charge in [0, 0.05) is 28.7 Å². The maximum Gasteiger partial charge on any atom is 0.275 e. The Morgan fingerprint density at radius 2 is 2.11 bits per heavy atom. The smallest absolute Gasteiger partial charge is 0.275 e.